The standard InChI is InChI=1S/C21H18BrN3O7/c1-31-16-8-12(7-15-20(29)25(10-19(27)28)21(30)24-15)14(22)9-17(16)32-11-18(26)23-13-5-3-2-4-6-13/h2-9H,10-11H2,1H3,(H,23,26)(H,24,30)(H,27,28)/b15-7+. The van der Waals surface area contributed by atoms with Crippen LogP contribution in [0.25, 0.3) is 6.08 Å². The number of aliphatic carboxylic acids is 1. The first-order valence-electron chi connectivity index (χ1n) is 9.20. The molecule has 0 saturated carbocycles. The van der Waals surface area contributed by atoms with Gasteiger partial charge < -0.3 is 25.2 Å². The number of carbonyl (C=O) groups excluding carboxylic acids is 3. The maximum absolute atomic E-state index is 12.3. The van der Waals surface area contributed by atoms with Crippen LogP contribution in [0, 0.1) is 0 Å². The Morgan fingerprint density at radius 3 is 2.56 bits per heavy atom. The van der Waals surface area contributed by atoms with Crippen LogP contribution < -0.4 is 20.1 Å². The Labute approximate surface area is 190 Å². The van der Waals surface area contributed by atoms with E-state index in [1.165, 1.54) is 13.2 Å². The highest BCUT2D eigenvalue weighted by atomic mass is 79.9. The Bertz CT molecular complexity index is 1100. The topological polar surface area (TPSA) is 134 Å². The molecule has 10 nitrogen and oxygen atoms in total. The van der Waals surface area contributed by atoms with Gasteiger partial charge in [0.2, 0.25) is 0 Å². The summed E-state index contributed by atoms with van der Waals surface area (Å²) < 4.78 is 11.4. The van der Waals surface area contributed by atoms with Gasteiger partial charge in [-0.2, -0.15) is 0 Å². The van der Waals surface area contributed by atoms with Crippen LogP contribution in [-0.4, -0.2) is 54.1 Å². The summed E-state index contributed by atoms with van der Waals surface area (Å²) in [5.41, 5.74) is 1.01. The fourth-order valence-corrected chi connectivity index (χ4v) is 3.24. The number of hydrogen-bond acceptors (Lipinski definition) is 6. The Kier molecular flexibility index (Phi) is 7.11. The predicted molar refractivity (Wildman–Crippen MR) is 117 cm³/mol. The molecule has 1 aliphatic rings. The van der Waals surface area contributed by atoms with Gasteiger partial charge in [-0.15, -0.1) is 0 Å². The quantitative estimate of drug-likeness (QED) is 0.372. The lowest BCUT2D eigenvalue weighted by Crippen LogP contribution is -2.35. The molecule has 2 aromatic rings. The van der Waals surface area contributed by atoms with Gasteiger partial charge in [0, 0.05) is 10.2 Å². The van der Waals surface area contributed by atoms with E-state index >= 15 is 0 Å². The normalized spacial score (nSPS) is 14.3. The minimum atomic E-state index is -1.31. The van der Waals surface area contributed by atoms with E-state index in [1.54, 1.807) is 36.4 Å². The lowest BCUT2D eigenvalue weighted by atomic mass is 10.1. The van der Waals surface area contributed by atoms with E-state index in [2.05, 4.69) is 26.6 Å². The van der Waals surface area contributed by atoms with Crippen LogP contribution in [-0.2, 0) is 14.4 Å². The molecule has 1 aliphatic heterocycles. The Hall–Kier alpha value is -3.86. The summed E-state index contributed by atoms with van der Waals surface area (Å²) in [5.74, 6) is -1.87. The highest BCUT2D eigenvalue weighted by Gasteiger charge is 2.35. The monoisotopic (exact) mass is 503 g/mol. The van der Waals surface area contributed by atoms with Gasteiger partial charge in [0.25, 0.3) is 11.8 Å². The second kappa shape index (κ2) is 9.96. The third-order valence-corrected chi connectivity index (χ3v) is 4.94. The summed E-state index contributed by atoms with van der Waals surface area (Å²) >= 11 is 3.36. The highest BCUT2D eigenvalue weighted by molar-refractivity contribution is 9.10. The van der Waals surface area contributed by atoms with E-state index in [4.69, 9.17) is 14.6 Å². The fourth-order valence-electron chi connectivity index (χ4n) is 2.80. The van der Waals surface area contributed by atoms with Gasteiger partial charge in [-0.25, -0.2) is 9.69 Å². The van der Waals surface area contributed by atoms with Crippen molar-refractivity contribution < 1.29 is 33.8 Å². The average molecular weight is 504 g/mol. The lowest BCUT2D eigenvalue weighted by molar-refractivity contribution is -0.140. The first kappa shape index (κ1) is 22.8. The summed E-state index contributed by atoms with van der Waals surface area (Å²) in [6.45, 7) is -1.01. The Balaban J connectivity index is 1.74. The number of nitrogens with one attached hydrogen (secondary N) is 2. The maximum atomic E-state index is 12.3. The number of hydrogen-bond donors (Lipinski definition) is 3. The molecular formula is C21H18BrN3O7. The minimum Gasteiger partial charge on any atom is -0.493 e. The van der Waals surface area contributed by atoms with E-state index in [0.29, 0.717) is 20.6 Å². The number of rotatable bonds is 8. The molecule has 1 heterocycles. The van der Waals surface area contributed by atoms with Crippen molar-refractivity contribution in [1.29, 1.82) is 0 Å². The van der Waals surface area contributed by atoms with Crippen molar-refractivity contribution in [3.8, 4) is 11.5 Å². The number of methoxy groups -OCH3 is 1. The largest absolute Gasteiger partial charge is 0.493 e. The van der Waals surface area contributed by atoms with Crippen molar-refractivity contribution in [2.45, 2.75) is 0 Å². The van der Waals surface area contributed by atoms with Gasteiger partial charge in [-0.1, -0.05) is 34.1 Å². The van der Waals surface area contributed by atoms with Gasteiger partial charge in [0.1, 0.15) is 12.2 Å². The van der Waals surface area contributed by atoms with Crippen molar-refractivity contribution >= 4 is 51.5 Å². The SMILES string of the molecule is COc1cc(/C=C2/NC(=O)N(CC(=O)O)C2=O)c(Br)cc1OCC(=O)Nc1ccccc1. The predicted octanol–water partition coefficient (Wildman–Crippen LogP) is 2.45. The van der Waals surface area contributed by atoms with Crippen LogP contribution in [0.4, 0.5) is 10.5 Å². The molecule has 0 atom stereocenters. The van der Waals surface area contributed by atoms with Crippen molar-refractivity contribution in [2.24, 2.45) is 0 Å². The number of ether oxygens (including phenoxy) is 2. The molecule has 3 rings (SSSR count). The molecule has 0 radical (unpaired) electrons. The zero-order chi connectivity index (χ0) is 23.3. The van der Waals surface area contributed by atoms with Crippen molar-refractivity contribution in [1.82, 2.24) is 10.2 Å². The number of para-hydroxylation sites is 1. The number of urea groups is 1. The second-order valence-corrected chi connectivity index (χ2v) is 7.35. The van der Waals surface area contributed by atoms with E-state index in [0.717, 1.165) is 0 Å². The summed E-state index contributed by atoms with van der Waals surface area (Å²) in [4.78, 5) is 47.7. The Morgan fingerprint density at radius 1 is 1.19 bits per heavy atom. The highest BCUT2D eigenvalue weighted by Crippen LogP contribution is 2.35. The number of imide groups is 1. The number of benzene rings is 2. The molecule has 4 amide bonds. The zero-order valence-electron chi connectivity index (χ0n) is 16.8. The fraction of sp³-hybridized carbons (Fsp3) is 0.143. The summed E-state index contributed by atoms with van der Waals surface area (Å²) in [6, 6.07) is 11.2. The molecule has 32 heavy (non-hydrogen) atoms. The van der Waals surface area contributed by atoms with Crippen LogP contribution >= 0.6 is 15.9 Å². The molecule has 2 aromatic carbocycles. The van der Waals surface area contributed by atoms with E-state index in [1.807, 2.05) is 6.07 Å². The molecule has 3 N–H and O–H groups in total. The average Bonchev–Trinajstić information content (AvgIpc) is 3.01. The van der Waals surface area contributed by atoms with Crippen molar-refractivity contribution in [3.05, 3.63) is 58.2 Å². The molecule has 11 heteroatoms. The second-order valence-electron chi connectivity index (χ2n) is 6.50. The molecule has 0 bridgehead atoms. The molecular weight excluding hydrogens is 486 g/mol. The van der Waals surface area contributed by atoms with Crippen molar-refractivity contribution in [2.75, 3.05) is 25.6 Å². The first-order chi connectivity index (χ1) is 15.3. The third kappa shape index (κ3) is 5.43. The van der Waals surface area contributed by atoms with Gasteiger partial charge >= 0.3 is 12.0 Å². The van der Waals surface area contributed by atoms with E-state index < -0.39 is 24.5 Å². The van der Waals surface area contributed by atoms with Crippen LogP contribution in [0.2, 0.25) is 0 Å². The maximum Gasteiger partial charge on any atom is 0.329 e. The molecule has 1 saturated heterocycles. The van der Waals surface area contributed by atoms with Crippen molar-refractivity contribution in [3.63, 3.8) is 0 Å². The Morgan fingerprint density at radius 2 is 1.91 bits per heavy atom. The first-order valence-corrected chi connectivity index (χ1v) is 9.99. The lowest BCUT2D eigenvalue weighted by Gasteiger charge is -2.13. The number of carboxylic acids is 1. The molecule has 166 valence electrons. The van der Waals surface area contributed by atoms with E-state index in [-0.39, 0.29) is 29.7 Å². The number of carbonyl (C=O) groups is 4. The number of carboxylic acid groups (broad SMARTS) is 1. The van der Waals surface area contributed by atoms with Crippen LogP contribution in [0.5, 0.6) is 11.5 Å². The molecule has 1 fully saturated rings. The molecule has 0 unspecified atom stereocenters. The number of halogens is 1. The molecule has 0 aromatic heterocycles. The van der Waals surface area contributed by atoms with Gasteiger partial charge in [0.15, 0.2) is 18.1 Å². The smallest absolute Gasteiger partial charge is 0.329 e. The van der Waals surface area contributed by atoms with Crippen LogP contribution in [0.1, 0.15) is 5.56 Å². The van der Waals surface area contributed by atoms with Gasteiger partial charge in [-0.05, 0) is 35.9 Å². The van der Waals surface area contributed by atoms with Gasteiger partial charge in [0.05, 0.1) is 7.11 Å². The molecule has 0 aliphatic carbocycles. The number of amides is 4. The summed E-state index contributed by atoms with van der Waals surface area (Å²) in [7, 11) is 1.41. The zero-order valence-corrected chi connectivity index (χ0v) is 18.3. The van der Waals surface area contributed by atoms with E-state index in [9.17, 15) is 19.2 Å². The number of anilines is 1. The summed E-state index contributed by atoms with van der Waals surface area (Å²) in [6.07, 6.45) is 1.38. The molecule has 0 spiro atoms. The van der Waals surface area contributed by atoms with Crippen LogP contribution in [0.15, 0.2) is 52.6 Å². The minimum absolute atomic E-state index is 0.0880. The number of nitrogens with zero attached hydrogens (tertiary/aromatic N) is 1. The van der Waals surface area contributed by atoms with Crippen LogP contribution in [0.3, 0.4) is 0 Å². The third-order valence-electron chi connectivity index (χ3n) is 4.25. The van der Waals surface area contributed by atoms with Gasteiger partial charge in [-0.3, -0.25) is 14.4 Å². The summed E-state index contributed by atoms with van der Waals surface area (Å²) in [5, 5.41) is 13.9.